The molecule has 1 aromatic rings. The van der Waals surface area contributed by atoms with Crippen LogP contribution in [-0.2, 0) is 10.7 Å². The fourth-order valence-corrected chi connectivity index (χ4v) is 1.97. The van der Waals surface area contributed by atoms with Crippen LogP contribution in [0.3, 0.4) is 0 Å². The highest BCUT2D eigenvalue weighted by Gasteiger charge is 2.23. The highest BCUT2D eigenvalue weighted by Crippen LogP contribution is 2.28. The molecule has 138 valence electrons. The molecule has 6 heteroatoms. The van der Waals surface area contributed by atoms with Crippen LogP contribution in [0.4, 0.5) is 14.5 Å². The first-order chi connectivity index (χ1) is 11.8. The van der Waals surface area contributed by atoms with Gasteiger partial charge in [-0.15, -0.1) is 0 Å². The molecule has 0 unspecified atom stereocenters. The van der Waals surface area contributed by atoms with Crippen molar-refractivity contribution in [3.63, 3.8) is 0 Å². The first-order valence-corrected chi connectivity index (χ1v) is 8.21. The minimum atomic E-state index is -2.88. The van der Waals surface area contributed by atoms with E-state index in [1.807, 2.05) is 20.8 Å². The highest BCUT2D eigenvalue weighted by molar-refractivity contribution is 5.97. The molecule has 0 fully saturated rings. The molecular weight excluding hydrogens is 326 g/mol. The molecule has 0 amide bonds. The van der Waals surface area contributed by atoms with Gasteiger partial charge in [0, 0.05) is 24.4 Å². The molecule has 4 nitrogen and oxygen atoms in total. The van der Waals surface area contributed by atoms with Crippen molar-refractivity contribution in [2.45, 2.75) is 40.0 Å². The molecule has 0 radical (unpaired) electrons. The van der Waals surface area contributed by atoms with E-state index in [1.165, 1.54) is 12.1 Å². The van der Waals surface area contributed by atoms with E-state index in [0.29, 0.717) is 17.3 Å². The molecule has 0 aliphatic rings. The number of hydrogen-bond acceptors (Lipinski definition) is 4. The number of aliphatic imine (C=N–C) groups is 1. The number of halogens is 2. The van der Waals surface area contributed by atoms with Crippen molar-refractivity contribution in [1.82, 2.24) is 0 Å². The van der Waals surface area contributed by atoms with Crippen molar-refractivity contribution in [3.8, 4) is 0 Å². The lowest BCUT2D eigenvalue weighted by Gasteiger charge is -2.17. The Hall–Kier alpha value is -2.21. The van der Waals surface area contributed by atoms with Gasteiger partial charge < -0.3 is 15.2 Å². The Labute approximate surface area is 147 Å². The molecule has 0 aromatic heterocycles. The van der Waals surface area contributed by atoms with Crippen LogP contribution >= 0.6 is 0 Å². The average Bonchev–Trinajstić information content (AvgIpc) is 2.59. The van der Waals surface area contributed by atoms with Gasteiger partial charge in [0.15, 0.2) is 0 Å². The zero-order valence-corrected chi connectivity index (χ0v) is 15.1. The fourth-order valence-electron chi connectivity index (χ4n) is 1.97. The number of hydrogen-bond donors (Lipinski definition) is 2. The van der Waals surface area contributed by atoms with Crippen LogP contribution in [0.5, 0.6) is 0 Å². The largest absolute Gasteiger partial charge is 0.474 e. The molecule has 0 heterocycles. The molecule has 1 aromatic carbocycles. The number of alkyl halides is 2. The predicted molar refractivity (Wildman–Crippen MR) is 97.9 cm³/mol. The highest BCUT2D eigenvalue weighted by atomic mass is 19.3. The summed E-state index contributed by atoms with van der Waals surface area (Å²) in [6, 6.07) is 5.96. The second kappa shape index (κ2) is 9.93. The maximum atomic E-state index is 13.3. The standard InChI is InChI=1S/C19H26F2N2O2/c1-5-11-22-18(25-13-12-24)17(14(3)6-2)23-16-9-7-15(8-10-16)19(4,20)21/h5,7-11,23-24H,6,12-13H2,1-4H3/b11-5-,17-14+,22-18+. The van der Waals surface area contributed by atoms with Crippen LogP contribution in [0.25, 0.3) is 0 Å². The van der Waals surface area contributed by atoms with Gasteiger partial charge in [-0.2, -0.15) is 0 Å². The second-order valence-electron chi connectivity index (χ2n) is 5.59. The van der Waals surface area contributed by atoms with Crippen LogP contribution in [0, 0.1) is 0 Å². The maximum Gasteiger partial charge on any atom is 0.270 e. The predicted octanol–water partition coefficient (Wildman–Crippen LogP) is 4.84. The Morgan fingerprint density at radius 1 is 1.32 bits per heavy atom. The summed E-state index contributed by atoms with van der Waals surface area (Å²) in [5.41, 5.74) is 2.25. The molecule has 0 saturated heterocycles. The van der Waals surface area contributed by atoms with Gasteiger partial charge in [0.1, 0.15) is 12.3 Å². The number of benzene rings is 1. The Balaban J connectivity index is 3.15. The van der Waals surface area contributed by atoms with Gasteiger partial charge in [-0.25, -0.2) is 13.8 Å². The van der Waals surface area contributed by atoms with E-state index in [0.717, 1.165) is 18.9 Å². The topological polar surface area (TPSA) is 53.9 Å². The SMILES string of the molecule is C\C=C/N=C(OCCO)\C(Nc1ccc(C(C)(F)F)cc1)=C(\C)CC. The van der Waals surface area contributed by atoms with Gasteiger partial charge >= 0.3 is 0 Å². The minimum Gasteiger partial charge on any atom is -0.474 e. The van der Waals surface area contributed by atoms with Gasteiger partial charge in [-0.3, -0.25) is 0 Å². The Bertz CT molecular complexity index is 630. The van der Waals surface area contributed by atoms with Gasteiger partial charge in [-0.05, 0) is 38.0 Å². The Kier molecular flexibility index (Phi) is 8.28. The number of rotatable bonds is 8. The summed E-state index contributed by atoms with van der Waals surface area (Å²) in [5.74, 6) is -2.53. The second-order valence-corrected chi connectivity index (χ2v) is 5.59. The number of anilines is 1. The number of ether oxygens (including phenoxy) is 1. The zero-order valence-electron chi connectivity index (χ0n) is 15.1. The van der Waals surface area contributed by atoms with Crippen LogP contribution < -0.4 is 5.32 Å². The third-order valence-electron chi connectivity index (χ3n) is 3.50. The van der Waals surface area contributed by atoms with Crippen molar-refractivity contribution < 1.29 is 18.6 Å². The Morgan fingerprint density at radius 2 is 1.96 bits per heavy atom. The molecule has 0 bridgehead atoms. The molecule has 0 aliphatic carbocycles. The summed E-state index contributed by atoms with van der Waals surface area (Å²) in [7, 11) is 0. The van der Waals surface area contributed by atoms with E-state index in [2.05, 4.69) is 10.3 Å². The van der Waals surface area contributed by atoms with E-state index in [9.17, 15) is 8.78 Å². The summed E-state index contributed by atoms with van der Waals surface area (Å²) >= 11 is 0. The van der Waals surface area contributed by atoms with E-state index < -0.39 is 5.92 Å². The summed E-state index contributed by atoms with van der Waals surface area (Å²) in [6.07, 6.45) is 4.11. The number of nitrogens with zero attached hydrogens (tertiary/aromatic N) is 1. The van der Waals surface area contributed by atoms with Gasteiger partial charge in [0.2, 0.25) is 5.90 Å². The van der Waals surface area contributed by atoms with Crippen molar-refractivity contribution in [2.75, 3.05) is 18.5 Å². The number of aliphatic hydroxyl groups is 1. The quantitative estimate of drug-likeness (QED) is 0.520. The lowest BCUT2D eigenvalue weighted by atomic mass is 10.1. The number of allylic oxidation sites excluding steroid dienone is 2. The van der Waals surface area contributed by atoms with E-state index in [4.69, 9.17) is 9.84 Å². The first-order valence-electron chi connectivity index (χ1n) is 8.21. The molecule has 25 heavy (non-hydrogen) atoms. The summed E-state index contributed by atoms with van der Waals surface area (Å²) < 4.78 is 32.2. The average molecular weight is 352 g/mol. The summed E-state index contributed by atoms with van der Waals surface area (Å²) in [6.45, 7) is 6.61. The molecule has 0 saturated carbocycles. The van der Waals surface area contributed by atoms with Crippen LogP contribution in [0.1, 0.15) is 39.7 Å². The third-order valence-corrected chi connectivity index (χ3v) is 3.50. The van der Waals surface area contributed by atoms with Crippen molar-refractivity contribution in [3.05, 3.63) is 53.4 Å². The molecule has 0 aliphatic heterocycles. The molecular formula is C19H26F2N2O2. The van der Waals surface area contributed by atoms with Crippen molar-refractivity contribution in [1.29, 1.82) is 0 Å². The van der Waals surface area contributed by atoms with E-state index in [1.54, 1.807) is 24.4 Å². The maximum absolute atomic E-state index is 13.3. The smallest absolute Gasteiger partial charge is 0.270 e. The van der Waals surface area contributed by atoms with Gasteiger partial charge in [0.05, 0.1) is 6.61 Å². The van der Waals surface area contributed by atoms with Crippen molar-refractivity contribution in [2.24, 2.45) is 4.99 Å². The van der Waals surface area contributed by atoms with E-state index >= 15 is 0 Å². The lowest BCUT2D eigenvalue weighted by molar-refractivity contribution is 0.0175. The molecule has 2 N–H and O–H groups in total. The molecule has 0 spiro atoms. The lowest BCUT2D eigenvalue weighted by Crippen LogP contribution is -2.19. The minimum absolute atomic E-state index is 0.0462. The van der Waals surface area contributed by atoms with Gasteiger partial charge in [0.25, 0.3) is 5.92 Å². The monoisotopic (exact) mass is 352 g/mol. The fraction of sp³-hybridized carbons (Fsp3) is 0.421. The summed E-state index contributed by atoms with van der Waals surface area (Å²) in [4.78, 5) is 4.26. The molecule has 0 atom stereocenters. The van der Waals surface area contributed by atoms with E-state index in [-0.39, 0.29) is 18.8 Å². The van der Waals surface area contributed by atoms with Crippen molar-refractivity contribution >= 4 is 11.6 Å². The normalized spacial score (nSPS) is 13.8. The molecule has 1 rings (SSSR count). The van der Waals surface area contributed by atoms with Crippen LogP contribution in [-0.4, -0.2) is 24.2 Å². The van der Waals surface area contributed by atoms with Crippen LogP contribution in [0.2, 0.25) is 0 Å². The summed E-state index contributed by atoms with van der Waals surface area (Å²) in [5, 5.41) is 12.2. The number of aliphatic hydroxyl groups excluding tert-OH is 1. The first kappa shape index (κ1) is 20.8. The van der Waals surface area contributed by atoms with Gasteiger partial charge in [-0.1, -0.05) is 25.1 Å². The van der Waals surface area contributed by atoms with Crippen LogP contribution in [0.15, 0.2) is 52.8 Å². The number of nitrogens with one attached hydrogen (secondary N) is 1. The third kappa shape index (κ3) is 6.66. The zero-order chi connectivity index (χ0) is 18.9. The Morgan fingerprint density at radius 3 is 2.44 bits per heavy atom.